The summed E-state index contributed by atoms with van der Waals surface area (Å²) in [6.07, 6.45) is 1.96. The van der Waals surface area contributed by atoms with Gasteiger partial charge in [-0.15, -0.1) is 0 Å². The maximum Gasteiger partial charge on any atom is 0.245 e. The molecule has 1 atom stereocenters. The first-order valence-electron chi connectivity index (χ1n) is 6.54. The highest BCUT2D eigenvalue weighted by Crippen LogP contribution is 2.35. The SMILES string of the molecule is C[C@H]1c2cccn2CCN1S(=O)(=O)c1cccc(Cl)c1Cl. The molecule has 0 aliphatic carbocycles. The molecule has 1 aliphatic heterocycles. The third-order valence-corrected chi connectivity index (χ3v) is 6.73. The minimum Gasteiger partial charge on any atom is -0.349 e. The summed E-state index contributed by atoms with van der Waals surface area (Å²) in [6.45, 7) is 2.92. The van der Waals surface area contributed by atoms with Crippen molar-refractivity contribution in [1.82, 2.24) is 8.87 Å². The molecule has 2 heterocycles. The van der Waals surface area contributed by atoms with Gasteiger partial charge < -0.3 is 4.57 Å². The zero-order valence-electron chi connectivity index (χ0n) is 11.3. The molecule has 0 saturated carbocycles. The van der Waals surface area contributed by atoms with Crippen LogP contribution in [-0.4, -0.2) is 23.8 Å². The van der Waals surface area contributed by atoms with Gasteiger partial charge in [0.2, 0.25) is 10.0 Å². The predicted octanol–water partition coefficient (Wildman–Crippen LogP) is 3.56. The van der Waals surface area contributed by atoms with E-state index >= 15 is 0 Å². The summed E-state index contributed by atoms with van der Waals surface area (Å²) in [5.74, 6) is 0. The Bertz CT molecular complexity index is 786. The summed E-state index contributed by atoms with van der Waals surface area (Å²) < 4.78 is 29.3. The molecule has 0 saturated heterocycles. The third kappa shape index (κ3) is 2.38. The Morgan fingerprint density at radius 1 is 1.14 bits per heavy atom. The van der Waals surface area contributed by atoms with Crippen LogP contribution in [0.5, 0.6) is 0 Å². The molecular weight excluding hydrogens is 331 g/mol. The van der Waals surface area contributed by atoms with E-state index in [1.54, 1.807) is 12.1 Å². The lowest BCUT2D eigenvalue weighted by Crippen LogP contribution is -2.40. The summed E-state index contributed by atoms with van der Waals surface area (Å²) in [5, 5.41) is 0.318. The van der Waals surface area contributed by atoms with Gasteiger partial charge in [-0.25, -0.2) is 8.42 Å². The molecule has 0 bridgehead atoms. The second kappa shape index (κ2) is 5.32. The number of aromatic nitrogens is 1. The molecule has 21 heavy (non-hydrogen) atoms. The Hall–Kier alpha value is -1.01. The lowest BCUT2D eigenvalue weighted by molar-refractivity contribution is 0.282. The van der Waals surface area contributed by atoms with E-state index in [0.717, 1.165) is 5.69 Å². The van der Waals surface area contributed by atoms with E-state index in [9.17, 15) is 8.42 Å². The van der Waals surface area contributed by atoms with Crippen molar-refractivity contribution in [3.63, 3.8) is 0 Å². The van der Waals surface area contributed by atoms with Crippen LogP contribution < -0.4 is 0 Å². The lowest BCUT2D eigenvalue weighted by Gasteiger charge is -2.34. The van der Waals surface area contributed by atoms with E-state index in [-0.39, 0.29) is 21.0 Å². The molecule has 1 aromatic heterocycles. The van der Waals surface area contributed by atoms with Crippen molar-refractivity contribution in [3.8, 4) is 0 Å². The number of benzene rings is 1. The number of nitrogens with zero attached hydrogens (tertiary/aromatic N) is 2. The van der Waals surface area contributed by atoms with Gasteiger partial charge in [0.25, 0.3) is 0 Å². The lowest BCUT2D eigenvalue weighted by atomic mass is 10.2. The zero-order chi connectivity index (χ0) is 15.2. The molecule has 2 aromatic rings. The van der Waals surface area contributed by atoms with Crippen LogP contribution in [0.2, 0.25) is 10.0 Å². The van der Waals surface area contributed by atoms with E-state index < -0.39 is 10.0 Å². The van der Waals surface area contributed by atoms with Gasteiger partial charge in [0.1, 0.15) is 4.90 Å². The molecule has 3 rings (SSSR count). The first-order chi connectivity index (χ1) is 9.93. The Morgan fingerprint density at radius 2 is 1.90 bits per heavy atom. The van der Waals surface area contributed by atoms with E-state index in [2.05, 4.69) is 4.57 Å². The molecule has 112 valence electrons. The third-order valence-electron chi connectivity index (χ3n) is 3.79. The maximum atomic E-state index is 12.9. The summed E-state index contributed by atoms with van der Waals surface area (Å²) in [7, 11) is -3.68. The first-order valence-corrected chi connectivity index (χ1v) is 8.73. The molecule has 4 nitrogen and oxygen atoms in total. The fourth-order valence-corrected chi connectivity index (χ4v) is 5.03. The quantitative estimate of drug-likeness (QED) is 0.835. The van der Waals surface area contributed by atoms with E-state index in [4.69, 9.17) is 23.2 Å². The Morgan fingerprint density at radius 3 is 2.67 bits per heavy atom. The van der Waals surface area contributed by atoms with Gasteiger partial charge in [-0.05, 0) is 31.2 Å². The van der Waals surface area contributed by atoms with Crippen LogP contribution in [-0.2, 0) is 16.6 Å². The Kier molecular flexibility index (Phi) is 3.78. The van der Waals surface area contributed by atoms with Gasteiger partial charge in [-0.3, -0.25) is 0 Å². The molecule has 0 fully saturated rings. The number of fused-ring (bicyclic) bond motifs is 1. The maximum absolute atomic E-state index is 12.9. The van der Waals surface area contributed by atoms with Crippen LogP contribution in [0.15, 0.2) is 41.4 Å². The van der Waals surface area contributed by atoms with Crippen LogP contribution in [0.3, 0.4) is 0 Å². The van der Waals surface area contributed by atoms with Gasteiger partial charge >= 0.3 is 0 Å². The van der Waals surface area contributed by atoms with Crippen LogP contribution in [0.4, 0.5) is 0 Å². The van der Waals surface area contributed by atoms with Gasteiger partial charge in [-0.2, -0.15) is 4.31 Å². The molecule has 1 aliphatic rings. The molecule has 0 unspecified atom stereocenters. The number of halogens is 2. The highest BCUT2D eigenvalue weighted by Gasteiger charge is 2.35. The number of rotatable bonds is 2. The number of hydrogen-bond acceptors (Lipinski definition) is 2. The topological polar surface area (TPSA) is 42.3 Å². The average molecular weight is 345 g/mol. The van der Waals surface area contributed by atoms with Crippen molar-refractivity contribution in [2.75, 3.05) is 6.54 Å². The minimum absolute atomic E-state index is 0.0588. The molecule has 0 amide bonds. The van der Waals surface area contributed by atoms with Crippen molar-refractivity contribution >= 4 is 33.2 Å². The second-order valence-electron chi connectivity index (χ2n) is 4.97. The summed E-state index contributed by atoms with van der Waals surface area (Å²) >= 11 is 12.0. The average Bonchev–Trinajstić information content (AvgIpc) is 2.91. The monoisotopic (exact) mass is 344 g/mol. The minimum atomic E-state index is -3.68. The van der Waals surface area contributed by atoms with Gasteiger partial charge in [-0.1, -0.05) is 29.3 Å². The van der Waals surface area contributed by atoms with Crippen molar-refractivity contribution in [1.29, 1.82) is 0 Å². The number of sulfonamides is 1. The molecule has 0 radical (unpaired) electrons. The van der Waals surface area contributed by atoms with Crippen molar-refractivity contribution < 1.29 is 8.42 Å². The summed E-state index contributed by atoms with van der Waals surface area (Å²) in [6, 6.07) is 8.28. The summed E-state index contributed by atoms with van der Waals surface area (Å²) in [5.41, 5.74) is 0.975. The van der Waals surface area contributed by atoms with Crippen molar-refractivity contribution in [2.24, 2.45) is 0 Å². The zero-order valence-corrected chi connectivity index (χ0v) is 13.7. The van der Waals surface area contributed by atoms with Gasteiger partial charge in [0.15, 0.2) is 0 Å². The molecule has 0 N–H and O–H groups in total. The highest BCUT2D eigenvalue weighted by molar-refractivity contribution is 7.89. The van der Waals surface area contributed by atoms with Crippen LogP contribution in [0.1, 0.15) is 18.7 Å². The van der Waals surface area contributed by atoms with Gasteiger partial charge in [0, 0.05) is 25.0 Å². The fraction of sp³-hybridized carbons (Fsp3) is 0.286. The molecule has 7 heteroatoms. The van der Waals surface area contributed by atoms with E-state index in [1.807, 2.05) is 25.3 Å². The number of hydrogen-bond donors (Lipinski definition) is 0. The van der Waals surface area contributed by atoms with E-state index in [0.29, 0.717) is 13.1 Å². The molecule has 0 spiro atoms. The fourth-order valence-electron chi connectivity index (χ4n) is 2.70. The highest BCUT2D eigenvalue weighted by atomic mass is 35.5. The van der Waals surface area contributed by atoms with Crippen molar-refractivity contribution in [2.45, 2.75) is 24.4 Å². The predicted molar refractivity (Wildman–Crippen MR) is 83.2 cm³/mol. The Labute approximate surface area is 133 Å². The molecule has 1 aromatic carbocycles. The second-order valence-corrected chi connectivity index (χ2v) is 7.61. The van der Waals surface area contributed by atoms with Crippen LogP contribution in [0.25, 0.3) is 0 Å². The van der Waals surface area contributed by atoms with Gasteiger partial charge in [0.05, 0.1) is 16.1 Å². The standard InChI is InChI=1S/C14H14Cl2N2O2S/c1-10-12-5-3-7-17(12)8-9-18(10)21(19,20)13-6-2-4-11(15)14(13)16/h2-7,10H,8-9H2,1H3/t10-/m0/s1. The van der Waals surface area contributed by atoms with Crippen LogP contribution in [0, 0.1) is 0 Å². The Balaban J connectivity index is 2.06. The summed E-state index contributed by atoms with van der Waals surface area (Å²) in [4.78, 5) is 0.0588. The molecular formula is C14H14Cl2N2O2S. The van der Waals surface area contributed by atoms with Crippen molar-refractivity contribution in [3.05, 3.63) is 52.3 Å². The first kappa shape index (κ1) is 14.9. The van der Waals surface area contributed by atoms with E-state index in [1.165, 1.54) is 10.4 Å². The largest absolute Gasteiger partial charge is 0.349 e. The smallest absolute Gasteiger partial charge is 0.245 e. The normalized spacial score (nSPS) is 19.5. The van der Waals surface area contributed by atoms with Crippen LogP contribution >= 0.6 is 23.2 Å².